The number of carbonyl (C=O) groups is 1. The summed E-state index contributed by atoms with van der Waals surface area (Å²) in [5.74, 6) is 1.88. The second-order valence-electron chi connectivity index (χ2n) is 4.29. The molecule has 1 heterocycles. The largest absolute Gasteiger partial charge is 0.393 e. The van der Waals surface area contributed by atoms with Crippen LogP contribution in [0.2, 0.25) is 0 Å². The van der Waals surface area contributed by atoms with Gasteiger partial charge in [-0.05, 0) is 24.3 Å². The zero-order valence-corrected chi connectivity index (χ0v) is 11.2. The summed E-state index contributed by atoms with van der Waals surface area (Å²) in [6, 6.07) is 4.14. The van der Waals surface area contributed by atoms with Gasteiger partial charge in [-0.2, -0.15) is 11.8 Å². The monoisotopic (exact) mass is 281 g/mol. The SMILES string of the molecule is Nc1cc(C(=O)N2CCCSCC2)ccc1[N+](=O)[O-]. The number of amides is 1. The molecule has 1 fully saturated rings. The minimum atomic E-state index is -0.549. The second kappa shape index (κ2) is 5.92. The average molecular weight is 281 g/mol. The van der Waals surface area contributed by atoms with Crippen LogP contribution in [0.3, 0.4) is 0 Å². The normalized spacial score (nSPS) is 15.9. The van der Waals surface area contributed by atoms with Gasteiger partial charge in [0.1, 0.15) is 5.69 Å². The van der Waals surface area contributed by atoms with Crippen LogP contribution in [0.25, 0.3) is 0 Å². The van der Waals surface area contributed by atoms with E-state index in [1.165, 1.54) is 18.2 Å². The fourth-order valence-corrected chi connectivity index (χ4v) is 2.87. The molecule has 19 heavy (non-hydrogen) atoms. The Morgan fingerprint density at radius 2 is 2.16 bits per heavy atom. The maximum atomic E-state index is 12.3. The maximum absolute atomic E-state index is 12.3. The first kappa shape index (κ1) is 13.7. The zero-order chi connectivity index (χ0) is 13.8. The molecule has 1 aliphatic heterocycles. The van der Waals surface area contributed by atoms with Crippen molar-refractivity contribution in [2.75, 3.05) is 30.3 Å². The third-order valence-corrected chi connectivity index (χ3v) is 4.03. The van der Waals surface area contributed by atoms with Crippen molar-refractivity contribution < 1.29 is 9.72 Å². The summed E-state index contributed by atoms with van der Waals surface area (Å²) < 4.78 is 0. The molecule has 0 unspecified atom stereocenters. The van der Waals surface area contributed by atoms with E-state index < -0.39 is 4.92 Å². The third kappa shape index (κ3) is 3.17. The van der Waals surface area contributed by atoms with E-state index in [0.29, 0.717) is 12.1 Å². The number of nitrogens with two attached hydrogens (primary N) is 1. The highest BCUT2D eigenvalue weighted by molar-refractivity contribution is 7.99. The minimum Gasteiger partial charge on any atom is -0.393 e. The van der Waals surface area contributed by atoms with Gasteiger partial charge >= 0.3 is 0 Å². The van der Waals surface area contributed by atoms with Gasteiger partial charge in [-0.1, -0.05) is 0 Å². The Morgan fingerprint density at radius 1 is 1.37 bits per heavy atom. The first-order chi connectivity index (χ1) is 9.09. The number of nitrogens with zero attached hydrogens (tertiary/aromatic N) is 2. The van der Waals surface area contributed by atoms with Gasteiger partial charge in [0, 0.05) is 30.5 Å². The van der Waals surface area contributed by atoms with Gasteiger partial charge in [-0.3, -0.25) is 14.9 Å². The number of nitro groups is 1. The first-order valence-corrected chi connectivity index (χ1v) is 7.16. The topological polar surface area (TPSA) is 89.5 Å². The Bertz CT molecular complexity index is 499. The molecule has 2 rings (SSSR count). The van der Waals surface area contributed by atoms with E-state index >= 15 is 0 Å². The molecule has 1 aromatic rings. The van der Waals surface area contributed by atoms with Crippen LogP contribution >= 0.6 is 11.8 Å². The lowest BCUT2D eigenvalue weighted by molar-refractivity contribution is -0.383. The van der Waals surface area contributed by atoms with Gasteiger partial charge in [-0.15, -0.1) is 0 Å². The first-order valence-electron chi connectivity index (χ1n) is 6.00. The van der Waals surface area contributed by atoms with Gasteiger partial charge in [0.05, 0.1) is 4.92 Å². The molecule has 1 amide bonds. The van der Waals surface area contributed by atoms with Crippen LogP contribution in [0.1, 0.15) is 16.8 Å². The molecule has 0 aromatic heterocycles. The molecule has 0 spiro atoms. The standard InChI is InChI=1S/C12H15N3O3S/c13-10-8-9(2-3-11(10)15(17)18)12(16)14-4-1-6-19-7-5-14/h2-3,8H,1,4-7,13H2. The van der Waals surface area contributed by atoms with E-state index in [1.807, 2.05) is 11.8 Å². The molecule has 6 nitrogen and oxygen atoms in total. The summed E-state index contributed by atoms with van der Waals surface area (Å²) >= 11 is 1.83. The van der Waals surface area contributed by atoms with Crippen LogP contribution < -0.4 is 5.73 Å². The highest BCUT2D eigenvalue weighted by Gasteiger charge is 2.20. The fourth-order valence-electron chi connectivity index (χ4n) is 1.99. The number of hydrogen-bond donors (Lipinski definition) is 1. The van der Waals surface area contributed by atoms with Crippen molar-refractivity contribution in [3.05, 3.63) is 33.9 Å². The second-order valence-corrected chi connectivity index (χ2v) is 5.51. The number of thioether (sulfide) groups is 1. The summed E-state index contributed by atoms with van der Waals surface area (Å²) in [5, 5.41) is 10.7. The van der Waals surface area contributed by atoms with E-state index in [1.54, 1.807) is 4.90 Å². The lowest BCUT2D eigenvalue weighted by Gasteiger charge is -2.20. The van der Waals surface area contributed by atoms with Crippen molar-refractivity contribution in [3.8, 4) is 0 Å². The van der Waals surface area contributed by atoms with Crippen LogP contribution in [-0.4, -0.2) is 40.3 Å². The molecule has 0 atom stereocenters. The molecule has 0 aliphatic carbocycles. The van der Waals surface area contributed by atoms with Crippen molar-refractivity contribution in [2.45, 2.75) is 6.42 Å². The molecular weight excluding hydrogens is 266 g/mol. The fraction of sp³-hybridized carbons (Fsp3) is 0.417. The van der Waals surface area contributed by atoms with Crippen molar-refractivity contribution in [1.82, 2.24) is 4.90 Å². The lowest BCUT2D eigenvalue weighted by atomic mass is 10.1. The van der Waals surface area contributed by atoms with Gasteiger partial charge < -0.3 is 10.6 Å². The summed E-state index contributed by atoms with van der Waals surface area (Å²) in [5.41, 5.74) is 5.88. The Kier molecular flexibility index (Phi) is 4.26. The molecule has 2 N–H and O–H groups in total. The number of rotatable bonds is 2. The van der Waals surface area contributed by atoms with Crippen molar-refractivity contribution in [1.29, 1.82) is 0 Å². The Balaban J connectivity index is 2.19. The molecule has 0 bridgehead atoms. The van der Waals surface area contributed by atoms with E-state index in [0.717, 1.165) is 24.5 Å². The molecular formula is C12H15N3O3S. The number of nitro benzene ring substituents is 1. The van der Waals surface area contributed by atoms with Crippen LogP contribution in [0.4, 0.5) is 11.4 Å². The Labute approximate surface area is 115 Å². The van der Waals surface area contributed by atoms with E-state index in [4.69, 9.17) is 5.73 Å². The van der Waals surface area contributed by atoms with E-state index in [9.17, 15) is 14.9 Å². The number of nitrogen functional groups attached to an aromatic ring is 1. The number of carbonyl (C=O) groups excluding carboxylic acids is 1. The maximum Gasteiger partial charge on any atom is 0.292 e. The summed E-state index contributed by atoms with van der Waals surface area (Å²) in [6.07, 6.45) is 0.971. The van der Waals surface area contributed by atoms with Gasteiger partial charge in [0.25, 0.3) is 11.6 Å². The van der Waals surface area contributed by atoms with Crippen molar-refractivity contribution in [3.63, 3.8) is 0 Å². The quantitative estimate of drug-likeness (QED) is 0.507. The predicted molar refractivity (Wildman–Crippen MR) is 75.4 cm³/mol. The minimum absolute atomic E-state index is 0.0278. The van der Waals surface area contributed by atoms with Gasteiger partial charge in [0.2, 0.25) is 0 Å². The summed E-state index contributed by atoms with van der Waals surface area (Å²) in [4.78, 5) is 24.2. The van der Waals surface area contributed by atoms with Crippen LogP contribution in [0.15, 0.2) is 18.2 Å². The van der Waals surface area contributed by atoms with Crippen LogP contribution in [0.5, 0.6) is 0 Å². The van der Waals surface area contributed by atoms with E-state index in [-0.39, 0.29) is 17.3 Å². The summed E-state index contributed by atoms with van der Waals surface area (Å²) in [7, 11) is 0. The average Bonchev–Trinajstić information content (AvgIpc) is 2.66. The molecule has 0 radical (unpaired) electrons. The smallest absolute Gasteiger partial charge is 0.292 e. The lowest BCUT2D eigenvalue weighted by Crippen LogP contribution is -2.32. The number of hydrogen-bond acceptors (Lipinski definition) is 5. The van der Waals surface area contributed by atoms with Crippen LogP contribution in [0, 0.1) is 10.1 Å². The van der Waals surface area contributed by atoms with E-state index in [2.05, 4.69) is 0 Å². The third-order valence-electron chi connectivity index (χ3n) is 2.98. The summed E-state index contributed by atoms with van der Waals surface area (Å²) in [6.45, 7) is 1.43. The van der Waals surface area contributed by atoms with Crippen molar-refractivity contribution in [2.24, 2.45) is 0 Å². The predicted octanol–water partition coefficient (Wildman–Crippen LogP) is 1.76. The molecule has 1 saturated heterocycles. The highest BCUT2D eigenvalue weighted by Crippen LogP contribution is 2.23. The van der Waals surface area contributed by atoms with Gasteiger partial charge in [0.15, 0.2) is 0 Å². The van der Waals surface area contributed by atoms with Crippen molar-refractivity contribution >= 4 is 29.0 Å². The number of benzene rings is 1. The van der Waals surface area contributed by atoms with Crippen LogP contribution in [-0.2, 0) is 0 Å². The molecule has 1 aromatic carbocycles. The molecule has 7 heteroatoms. The zero-order valence-electron chi connectivity index (χ0n) is 10.4. The Morgan fingerprint density at radius 3 is 2.84 bits per heavy atom. The highest BCUT2D eigenvalue weighted by atomic mass is 32.2. The molecule has 0 saturated carbocycles. The molecule has 102 valence electrons. The van der Waals surface area contributed by atoms with Gasteiger partial charge in [-0.25, -0.2) is 0 Å². The number of anilines is 1. The molecule has 1 aliphatic rings. The Hall–Kier alpha value is -1.76.